The van der Waals surface area contributed by atoms with Crippen LogP contribution in [0.15, 0.2) is 0 Å². The van der Waals surface area contributed by atoms with Crippen molar-refractivity contribution in [1.29, 1.82) is 0 Å². The third-order valence-corrected chi connectivity index (χ3v) is 10.7. The summed E-state index contributed by atoms with van der Waals surface area (Å²) in [5.41, 5.74) is -0.520. The van der Waals surface area contributed by atoms with Gasteiger partial charge in [0.15, 0.2) is 0 Å². The van der Waals surface area contributed by atoms with E-state index in [0.29, 0.717) is 43.2 Å². The smallest absolute Gasteiger partial charge is 0.407 e. The first-order valence-electron chi connectivity index (χ1n) is 13.9. The fourth-order valence-electron chi connectivity index (χ4n) is 8.72. The van der Waals surface area contributed by atoms with Crippen LogP contribution in [0, 0.1) is 46.3 Å². The van der Waals surface area contributed by atoms with E-state index in [1.165, 1.54) is 0 Å². The second-order valence-corrected chi connectivity index (χ2v) is 13.0. The Morgan fingerprint density at radius 2 is 1.77 bits per heavy atom. The molecule has 0 bridgehead atoms. The molecular formula is C29H45NO5. The van der Waals surface area contributed by atoms with E-state index in [-0.39, 0.29) is 59.0 Å². The number of carbonyl (C=O) groups excluding carboxylic acids is 4. The predicted molar refractivity (Wildman–Crippen MR) is 134 cm³/mol. The quantitative estimate of drug-likeness (QED) is 0.533. The third kappa shape index (κ3) is 4.59. The number of hydrogen-bond acceptors (Lipinski definition) is 5. The van der Waals surface area contributed by atoms with Crippen molar-refractivity contribution in [3.8, 4) is 0 Å². The SMILES string of the molecule is CC(=O)CC[C@@H](C)[C@H]1CC[C@H]2[C@@H]3C(=O)C[C@@H]4C[C@H](OC(=O)NC(C)C)CC[C@]4(C)[C@H]3CC(=O)[C@]12C. The van der Waals surface area contributed by atoms with E-state index < -0.39 is 5.41 Å². The second-order valence-electron chi connectivity index (χ2n) is 13.0. The maximum absolute atomic E-state index is 13.9. The molecule has 1 N–H and O–H groups in total. The zero-order valence-electron chi connectivity index (χ0n) is 22.5. The van der Waals surface area contributed by atoms with Crippen molar-refractivity contribution in [2.75, 3.05) is 0 Å². The zero-order valence-corrected chi connectivity index (χ0v) is 22.5. The first-order valence-corrected chi connectivity index (χ1v) is 13.9. The molecule has 0 aromatic heterocycles. The van der Waals surface area contributed by atoms with Crippen molar-refractivity contribution in [2.45, 2.75) is 111 Å². The standard InChI is InChI=1S/C29H45NO5/c1-16(2)30-27(34)35-20-11-12-28(5)19(13-20)14-24(32)26-22-10-9-21(17(3)7-8-18(4)31)29(22,6)25(33)15-23(26)28/h16-17,19-23,26H,7-15H2,1-6H3,(H,30,34)/t17-,19+,20-,21-,22+,23+,26+,28+,29-/m1/s1. The van der Waals surface area contributed by atoms with Crippen molar-refractivity contribution in [3.63, 3.8) is 0 Å². The largest absolute Gasteiger partial charge is 0.446 e. The molecule has 4 aliphatic rings. The highest BCUT2D eigenvalue weighted by molar-refractivity contribution is 5.92. The van der Waals surface area contributed by atoms with E-state index in [0.717, 1.165) is 32.1 Å². The number of nitrogens with one attached hydrogen (secondary N) is 1. The van der Waals surface area contributed by atoms with Crippen LogP contribution in [0.3, 0.4) is 0 Å². The summed E-state index contributed by atoms with van der Waals surface area (Å²) in [4.78, 5) is 51.3. The third-order valence-electron chi connectivity index (χ3n) is 10.7. The Hall–Kier alpha value is -1.72. The van der Waals surface area contributed by atoms with Gasteiger partial charge in [0, 0.05) is 36.6 Å². The molecule has 4 fully saturated rings. The van der Waals surface area contributed by atoms with Gasteiger partial charge in [-0.2, -0.15) is 0 Å². The van der Waals surface area contributed by atoms with E-state index in [1.807, 2.05) is 13.8 Å². The maximum atomic E-state index is 13.9. The van der Waals surface area contributed by atoms with Crippen molar-refractivity contribution >= 4 is 23.4 Å². The summed E-state index contributed by atoms with van der Waals surface area (Å²) in [5.74, 6) is 1.76. The molecule has 0 aromatic carbocycles. The van der Waals surface area contributed by atoms with Gasteiger partial charge in [0.05, 0.1) is 0 Å². The van der Waals surface area contributed by atoms with Gasteiger partial charge in [-0.25, -0.2) is 4.79 Å². The van der Waals surface area contributed by atoms with E-state index in [4.69, 9.17) is 4.74 Å². The highest BCUT2D eigenvalue weighted by Gasteiger charge is 2.66. The minimum absolute atomic E-state index is 0.0244. The molecule has 6 heteroatoms. The van der Waals surface area contributed by atoms with Crippen LogP contribution in [0.1, 0.15) is 99.3 Å². The normalized spacial score (nSPS) is 41.6. The van der Waals surface area contributed by atoms with Crippen LogP contribution in [0.4, 0.5) is 4.79 Å². The van der Waals surface area contributed by atoms with Gasteiger partial charge < -0.3 is 14.8 Å². The topological polar surface area (TPSA) is 89.5 Å². The lowest BCUT2D eigenvalue weighted by atomic mass is 9.43. The van der Waals surface area contributed by atoms with Crippen LogP contribution in [-0.2, 0) is 19.1 Å². The molecule has 4 rings (SSSR count). The van der Waals surface area contributed by atoms with E-state index in [1.54, 1.807) is 6.92 Å². The number of amides is 1. The van der Waals surface area contributed by atoms with Crippen LogP contribution in [-0.4, -0.2) is 35.6 Å². The summed E-state index contributed by atoms with van der Waals surface area (Å²) in [6.45, 7) is 12.1. The van der Waals surface area contributed by atoms with Crippen molar-refractivity contribution in [3.05, 3.63) is 0 Å². The molecule has 0 unspecified atom stereocenters. The average Bonchev–Trinajstić information content (AvgIpc) is 3.11. The van der Waals surface area contributed by atoms with Crippen LogP contribution in [0.2, 0.25) is 0 Å². The zero-order chi connectivity index (χ0) is 25.7. The molecule has 1 amide bonds. The van der Waals surface area contributed by atoms with Gasteiger partial charge in [0.25, 0.3) is 0 Å². The Labute approximate surface area is 210 Å². The Balaban J connectivity index is 1.52. The van der Waals surface area contributed by atoms with E-state index in [9.17, 15) is 19.2 Å². The summed E-state index contributed by atoms with van der Waals surface area (Å²) in [5, 5.41) is 2.80. The number of ketones is 3. The summed E-state index contributed by atoms with van der Waals surface area (Å²) in [6.07, 6.45) is 6.16. The second kappa shape index (κ2) is 9.63. The van der Waals surface area contributed by atoms with Gasteiger partial charge in [0.2, 0.25) is 0 Å². The maximum Gasteiger partial charge on any atom is 0.407 e. The molecule has 6 nitrogen and oxygen atoms in total. The van der Waals surface area contributed by atoms with Crippen molar-refractivity contribution < 1.29 is 23.9 Å². The average molecular weight is 488 g/mol. The Bertz CT molecular complexity index is 882. The molecule has 0 radical (unpaired) electrons. The predicted octanol–water partition coefficient (Wildman–Crippen LogP) is 5.51. The fraction of sp³-hybridized carbons (Fsp3) is 0.862. The van der Waals surface area contributed by atoms with Gasteiger partial charge in [-0.15, -0.1) is 0 Å². The first-order chi connectivity index (χ1) is 16.4. The summed E-state index contributed by atoms with van der Waals surface area (Å²) >= 11 is 0. The summed E-state index contributed by atoms with van der Waals surface area (Å²) < 4.78 is 5.70. The number of Topliss-reactive ketones (excluding diaryl/α,β-unsaturated/α-hetero) is 3. The van der Waals surface area contributed by atoms with E-state index >= 15 is 0 Å². The minimum Gasteiger partial charge on any atom is -0.446 e. The fourth-order valence-corrected chi connectivity index (χ4v) is 8.72. The minimum atomic E-state index is -0.453. The molecule has 35 heavy (non-hydrogen) atoms. The number of hydrogen-bond donors (Lipinski definition) is 1. The Kier molecular flexibility index (Phi) is 7.25. The molecule has 4 aliphatic carbocycles. The molecule has 0 heterocycles. The van der Waals surface area contributed by atoms with Crippen LogP contribution < -0.4 is 5.32 Å². The lowest BCUT2D eigenvalue weighted by Gasteiger charge is -2.59. The van der Waals surface area contributed by atoms with Crippen LogP contribution in [0.25, 0.3) is 0 Å². The molecule has 196 valence electrons. The van der Waals surface area contributed by atoms with Gasteiger partial charge >= 0.3 is 6.09 Å². The summed E-state index contributed by atoms with van der Waals surface area (Å²) in [6, 6.07) is 0.0244. The van der Waals surface area contributed by atoms with Gasteiger partial charge in [0.1, 0.15) is 23.5 Å². The van der Waals surface area contributed by atoms with Gasteiger partial charge in [-0.1, -0.05) is 20.8 Å². The van der Waals surface area contributed by atoms with Crippen LogP contribution >= 0.6 is 0 Å². The van der Waals surface area contributed by atoms with Crippen molar-refractivity contribution in [2.24, 2.45) is 46.3 Å². The van der Waals surface area contributed by atoms with E-state index in [2.05, 4.69) is 26.1 Å². The Morgan fingerprint density at radius 3 is 2.43 bits per heavy atom. The Morgan fingerprint density at radius 1 is 1.06 bits per heavy atom. The number of alkyl carbamates (subject to hydrolysis) is 1. The molecule has 0 saturated heterocycles. The van der Waals surface area contributed by atoms with Gasteiger partial charge in [-0.05, 0) is 94.3 Å². The number of carbonyl (C=O) groups is 4. The molecule has 0 aromatic rings. The molecule has 9 atom stereocenters. The lowest BCUT2D eigenvalue weighted by molar-refractivity contribution is -0.168. The highest BCUT2D eigenvalue weighted by atomic mass is 16.6. The van der Waals surface area contributed by atoms with Gasteiger partial charge in [-0.3, -0.25) is 9.59 Å². The number of rotatable bonds is 6. The summed E-state index contributed by atoms with van der Waals surface area (Å²) in [7, 11) is 0. The monoisotopic (exact) mass is 487 g/mol. The molecule has 4 saturated carbocycles. The molecule has 0 spiro atoms. The number of ether oxygens (including phenoxy) is 1. The lowest BCUT2D eigenvalue weighted by Crippen LogP contribution is -2.60. The van der Waals surface area contributed by atoms with Crippen LogP contribution in [0.5, 0.6) is 0 Å². The van der Waals surface area contributed by atoms with Crippen molar-refractivity contribution in [1.82, 2.24) is 5.32 Å². The molecule has 0 aliphatic heterocycles. The number of fused-ring (bicyclic) bond motifs is 5. The highest BCUT2D eigenvalue weighted by Crippen LogP contribution is 2.66. The molecular weight excluding hydrogens is 442 g/mol. The first kappa shape index (κ1) is 26.3.